The van der Waals surface area contributed by atoms with E-state index in [0.717, 1.165) is 19.3 Å². The van der Waals surface area contributed by atoms with Gasteiger partial charge in [-0.25, -0.2) is 0 Å². The standard InChI is InChI=1S/C30H34N2O/c1-28-12-10-24-17-23-6-7-25(32(2)3)18-29(23)13-14-30(24,33-29)27(28)9-8-26(28)21-5-4-20-11-15-31-19-22(20)16-21/h4-5,8,10-11,15-17,19,25,27H,6-7,9,12-14,18H2,1-3H3/t25-,27-,28-,29-,30-/m1/s1. The zero-order chi connectivity index (χ0) is 22.4. The summed E-state index contributed by atoms with van der Waals surface area (Å²) in [7, 11) is 4.47. The van der Waals surface area contributed by atoms with Crippen LogP contribution in [-0.2, 0) is 4.74 Å². The van der Waals surface area contributed by atoms with Gasteiger partial charge in [-0.3, -0.25) is 4.98 Å². The van der Waals surface area contributed by atoms with E-state index in [1.807, 2.05) is 12.4 Å². The summed E-state index contributed by atoms with van der Waals surface area (Å²) in [5.74, 6) is 0.515. The first-order valence-corrected chi connectivity index (χ1v) is 12.8. The highest BCUT2D eigenvalue weighted by Crippen LogP contribution is 2.67. The molecule has 0 N–H and O–H groups in total. The van der Waals surface area contributed by atoms with Gasteiger partial charge < -0.3 is 9.64 Å². The van der Waals surface area contributed by atoms with Crippen molar-refractivity contribution < 1.29 is 4.74 Å². The first kappa shape index (κ1) is 20.2. The maximum Gasteiger partial charge on any atom is 0.0980 e. The van der Waals surface area contributed by atoms with E-state index in [-0.39, 0.29) is 16.6 Å². The van der Waals surface area contributed by atoms with Crippen LogP contribution in [-0.4, -0.2) is 41.2 Å². The van der Waals surface area contributed by atoms with Crippen LogP contribution in [0.15, 0.2) is 66.0 Å². The molecule has 3 aliphatic carbocycles. The van der Waals surface area contributed by atoms with E-state index in [1.54, 1.807) is 5.57 Å². The van der Waals surface area contributed by atoms with Crippen LogP contribution < -0.4 is 0 Å². The predicted molar refractivity (Wildman–Crippen MR) is 134 cm³/mol. The largest absolute Gasteiger partial charge is 0.359 e. The molecule has 2 spiro atoms. The minimum atomic E-state index is -0.110. The number of aromatic nitrogens is 1. The molecule has 2 bridgehead atoms. The molecule has 3 heteroatoms. The van der Waals surface area contributed by atoms with Crippen LogP contribution in [0.4, 0.5) is 0 Å². The lowest BCUT2D eigenvalue weighted by molar-refractivity contribution is -0.134. The summed E-state index contributed by atoms with van der Waals surface area (Å²) < 4.78 is 7.39. The van der Waals surface area contributed by atoms with Gasteiger partial charge >= 0.3 is 0 Å². The highest BCUT2D eigenvalue weighted by Gasteiger charge is 2.65. The van der Waals surface area contributed by atoms with Gasteiger partial charge in [0.15, 0.2) is 0 Å². The maximum absolute atomic E-state index is 7.39. The Labute approximate surface area is 197 Å². The van der Waals surface area contributed by atoms with Gasteiger partial charge in [0.25, 0.3) is 0 Å². The molecular weight excluding hydrogens is 404 g/mol. The number of hydrogen-bond donors (Lipinski definition) is 0. The van der Waals surface area contributed by atoms with Gasteiger partial charge in [0.05, 0.1) is 11.2 Å². The zero-order valence-electron chi connectivity index (χ0n) is 20.1. The van der Waals surface area contributed by atoms with Crippen LogP contribution in [0.2, 0.25) is 0 Å². The molecule has 1 aromatic carbocycles. The van der Waals surface area contributed by atoms with Gasteiger partial charge in [0.2, 0.25) is 0 Å². The van der Waals surface area contributed by atoms with Crippen molar-refractivity contribution in [1.29, 1.82) is 0 Å². The molecular formula is C30H34N2O. The molecule has 7 rings (SSSR count). The van der Waals surface area contributed by atoms with Gasteiger partial charge in [-0.15, -0.1) is 0 Å². The molecule has 1 saturated carbocycles. The van der Waals surface area contributed by atoms with E-state index in [9.17, 15) is 0 Å². The highest BCUT2D eigenvalue weighted by atomic mass is 16.5. The Morgan fingerprint density at radius 1 is 1.09 bits per heavy atom. The van der Waals surface area contributed by atoms with Crippen molar-refractivity contribution in [2.75, 3.05) is 14.1 Å². The minimum Gasteiger partial charge on any atom is -0.359 e. The number of pyridine rings is 1. The Hall–Kier alpha value is -2.23. The summed E-state index contributed by atoms with van der Waals surface area (Å²) in [6, 6.07) is 9.65. The second-order valence-corrected chi connectivity index (χ2v) is 11.6. The molecule has 3 nitrogen and oxygen atoms in total. The molecule has 2 aromatic rings. The average molecular weight is 439 g/mol. The second-order valence-electron chi connectivity index (χ2n) is 11.6. The molecule has 1 saturated heterocycles. The molecule has 0 radical (unpaired) electrons. The van der Waals surface area contributed by atoms with Gasteiger partial charge in [-0.05, 0) is 98.8 Å². The van der Waals surface area contributed by atoms with E-state index < -0.39 is 0 Å². The fraction of sp³-hybridized carbons (Fsp3) is 0.500. The first-order valence-electron chi connectivity index (χ1n) is 12.8. The molecule has 0 unspecified atom stereocenters. The summed E-state index contributed by atoms with van der Waals surface area (Å²) in [6.07, 6.45) is 19.7. The summed E-state index contributed by atoms with van der Waals surface area (Å²) in [6.45, 7) is 2.50. The highest BCUT2D eigenvalue weighted by molar-refractivity contribution is 5.87. The quantitative estimate of drug-likeness (QED) is 0.549. The molecule has 2 fully saturated rings. The predicted octanol–water partition coefficient (Wildman–Crippen LogP) is 6.32. The van der Waals surface area contributed by atoms with Crippen molar-refractivity contribution in [3.63, 3.8) is 0 Å². The van der Waals surface area contributed by atoms with E-state index in [2.05, 4.69) is 73.4 Å². The number of allylic oxidation sites excluding steroid dienone is 3. The lowest BCUT2D eigenvalue weighted by Crippen LogP contribution is -2.54. The Morgan fingerprint density at radius 3 is 2.88 bits per heavy atom. The monoisotopic (exact) mass is 438 g/mol. The van der Waals surface area contributed by atoms with Crippen molar-refractivity contribution in [2.45, 2.75) is 69.1 Å². The smallest absolute Gasteiger partial charge is 0.0980 e. The summed E-state index contributed by atoms with van der Waals surface area (Å²) in [5.41, 5.74) is 5.93. The Morgan fingerprint density at radius 2 is 2.00 bits per heavy atom. The molecule has 5 atom stereocenters. The Bertz CT molecular complexity index is 1250. The van der Waals surface area contributed by atoms with Crippen LogP contribution in [0.5, 0.6) is 0 Å². The van der Waals surface area contributed by atoms with Crippen molar-refractivity contribution >= 4 is 16.3 Å². The van der Waals surface area contributed by atoms with E-state index in [4.69, 9.17) is 4.74 Å². The minimum absolute atomic E-state index is 0.0276. The number of rotatable bonds is 2. The lowest BCUT2D eigenvalue weighted by atomic mass is 9.58. The number of fused-ring (bicyclic) bond motifs is 2. The molecule has 33 heavy (non-hydrogen) atoms. The summed E-state index contributed by atoms with van der Waals surface area (Å²) >= 11 is 0. The van der Waals surface area contributed by atoms with Crippen LogP contribution in [0, 0.1) is 11.3 Å². The summed E-state index contributed by atoms with van der Waals surface area (Å²) in [4.78, 5) is 6.78. The van der Waals surface area contributed by atoms with E-state index >= 15 is 0 Å². The third-order valence-corrected chi connectivity index (χ3v) is 9.93. The molecule has 0 amide bonds. The Kier molecular flexibility index (Phi) is 4.08. The number of nitrogens with zero attached hydrogens (tertiary/aromatic N) is 2. The third kappa shape index (κ3) is 2.61. The van der Waals surface area contributed by atoms with Gasteiger partial charge in [-0.1, -0.05) is 37.3 Å². The van der Waals surface area contributed by atoms with Gasteiger partial charge in [-0.2, -0.15) is 0 Å². The molecule has 3 heterocycles. The fourth-order valence-electron chi connectivity index (χ4n) is 8.10. The molecule has 2 aliphatic heterocycles. The van der Waals surface area contributed by atoms with E-state index in [1.165, 1.54) is 53.2 Å². The average Bonchev–Trinajstić information content (AvgIpc) is 3.33. The number of hydrogen-bond acceptors (Lipinski definition) is 3. The van der Waals surface area contributed by atoms with Crippen molar-refractivity contribution in [3.05, 3.63) is 71.6 Å². The Balaban J connectivity index is 1.28. The zero-order valence-corrected chi connectivity index (χ0v) is 20.1. The molecule has 1 aromatic heterocycles. The van der Waals surface area contributed by atoms with Crippen molar-refractivity contribution in [1.82, 2.24) is 9.88 Å². The van der Waals surface area contributed by atoms with Crippen LogP contribution >= 0.6 is 0 Å². The number of ether oxygens (including phenoxy) is 1. The van der Waals surface area contributed by atoms with Crippen LogP contribution in [0.3, 0.4) is 0 Å². The van der Waals surface area contributed by atoms with Crippen molar-refractivity contribution in [2.24, 2.45) is 11.3 Å². The van der Waals surface area contributed by atoms with Crippen molar-refractivity contribution in [3.8, 4) is 0 Å². The third-order valence-electron chi connectivity index (χ3n) is 9.93. The summed E-state index contributed by atoms with van der Waals surface area (Å²) in [5, 5.41) is 2.49. The molecule has 5 aliphatic rings. The van der Waals surface area contributed by atoms with E-state index in [0.29, 0.717) is 12.0 Å². The second kappa shape index (κ2) is 6.67. The SMILES string of the molecule is CN(C)[C@@H]1CCC2=CC3=CC[C@]4(C)C(c5ccc6ccncc6c5)=CC[C@H]4[C@@]34CC[C@]2(C1)O4. The number of benzene rings is 1. The maximum atomic E-state index is 7.39. The van der Waals surface area contributed by atoms with Gasteiger partial charge in [0, 0.05) is 35.2 Å². The first-order chi connectivity index (χ1) is 15.9. The normalized spacial score (nSPS) is 39.0. The lowest BCUT2D eigenvalue weighted by Gasteiger charge is -2.54. The fourth-order valence-corrected chi connectivity index (χ4v) is 8.10. The molecule has 170 valence electrons. The topological polar surface area (TPSA) is 25.4 Å². The van der Waals surface area contributed by atoms with Crippen LogP contribution in [0.25, 0.3) is 16.3 Å². The van der Waals surface area contributed by atoms with Gasteiger partial charge in [0.1, 0.15) is 0 Å². The van der Waals surface area contributed by atoms with Crippen LogP contribution in [0.1, 0.15) is 57.4 Å².